The van der Waals surface area contributed by atoms with Crippen molar-refractivity contribution >= 4 is 11.6 Å². The molecule has 0 unspecified atom stereocenters. The Morgan fingerprint density at radius 2 is 2.12 bits per heavy atom. The summed E-state index contributed by atoms with van der Waals surface area (Å²) in [5.41, 5.74) is 7.11. The molecule has 5 nitrogen and oxygen atoms in total. The lowest BCUT2D eigenvalue weighted by atomic mass is 10.3. The highest BCUT2D eigenvalue weighted by Gasteiger charge is 2.02. The number of hydrogen-bond donors (Lipinski definition) is 2. The van der Waals surface area contributed by atoms with Crippen LogP contribution >= 0.6 is 0 Å². The molecule has 5 heteroatoms. The van der Waals surface area contributed by atoms with Gasteiger partial charge < -0.3 is 11.1 Å². The number of nitrogens with one attached hydrogen (secondary N) is 1. The van der Waals surface area contributed by atoms with Crippen molar-refractivity contribution in [1.82, 2.24) is 9.97 Å². The van der Waals surface area contributed by atoms with Gasteiger partial charge in [0.1, 0.15) is 5.69 Å². The Hall–Kier alpha value is -2.43. The normalized spacial score (nSPS) is 9.88. The predicted molar refractivity (Wildman–Crippen MR) is 64.3 cm³/mol. The zero-order chi connectivity index (χ0) is 12.1. The van der Waals surface area contributed by atoms with Crippen molar-refractivity contribution in [2.45, 2.75) is 6.54 Å². The van der Waals surface area contributed by atoms with Gasteiger partial charge >= 0.3 is 0 Å². The third-order valence-corrected chi connectivity index (χ3v) is 2.21. The van der Waals surface area contributed by atoms with Crippen LogP contribution in [0.1, 0.15) is 16.2 Å². The van der Waals surface area contributed by atoms with Crippen molar-refractivity contribution in [2.24, 2.45) is 5.73 Å². The van der Waals surface area contributed by atoms with Crippen molar-refractivity contribution in [3.63, 3.8) is 0 Å². The lowest BCUT2D eigenvalue weighted by molar-refractivity contribution is 0.0995. The minimum absolute atomic E-state index is 0.246. The molecular formula is C12H12N4O. The average molecular weight is 228 g/mol. The van der Waals surface area contributed by atoms with Crippen molar-refractivity contribution in [2.75, 3.05) is 5.32 Å². The first kappa shape index (κ1) is 11.1. The van der Waals surface area contributed by atoms with Crippen LogP contribution in [0.4, 0.5) is 5.69 Å². The van der Waals surface area contributed by atoms with Gasteiger partial charge in [0, 0.05) is 18.1 Å². The van der Waals surface area contributed by atoms with E-state index in [1.54, 1.807) is 24.5 Å². The lowest BCUT2D eigenvalue weighted by Crippen LogP contribution is -2.13. The fourth-order valence-electron chi connectivity index (χ4n) is 1.37. The number of carbonyl (C=O) groups excluding carboxylic acids is 1. The van der Waals surface area contributed by atoms with E-state index in [1.165, 1.54) is 0 Å². The van der Waals surface area contributed by atoms with E-state index < -0.39 is 5.91 Å². The molecule has 2 rings (SSSR count). The molecule has 0 aliphatic heterocycles. The fraction of sp³-hybridized carbons (Fsp3) is 0.0833. The van der Waals surface area contributed by atoms with Crippen LogP contribution in [0.25, 0.3) is 0 Å². The Bertz CT molecular complexity index is 513. The van der Waals surface area contributed by atoms with E-state index in [0.29, 0.717) is 6.54 Å². The summed E-state index contributed by atoms with van der Waals surface area (Å²) >= 11 is 0. The van der Waals surface area contributed by atoms with Crippen molar-refractivity contribution < 1.29 is 4.79 Å². The number of anilines is 1. The van der Waals surface area contributed by atoms with E-state index in [-0.39, 0.29) is 5.69 Å². The van der Waals surface area contributed by atoms with Crippen LogP contribution in [0.3, 0.4) is 0 Å². The van der Waals surface area contributed by atoms with Crippen LogP contribution in [0.2, 0.25) is 0 Å². The number of amides is 1. The summed E-state index contributed by atoms with van der Waals surface area (Å²) in [4.78, 5) is 19.0. The van der Waals surface area contributed by atoms with Crippen molar-refractivity contribution in [1.29, 1.82) is 0 Å². The smallest absolute Gasteiger partial charge is 0.267 e. The quantitative estimate of drug-likeness (QED) is 0.823. The lowest BCUT2D eigenvalue weighted by Gasteiger charge is -2.06. The first-order valence-corrected chi connectivity index (χ1v) is 5.15. The molecule has 86 valence electrons. The molecule has 0 aliphatic rings. The number of rotatable bonds is 4. The van der Waals surface area contributed by atoms with Crippen LogP contribution in [0, 0.1) is 0 Å². The highest BCUT2D eigenvalue weighted by Crippen LogP contribution is 2.08. The number of hydrogen-bond acceptors (Lipinski definition) is 4. The molecular weight excluding hydrogens is 216 g/mol. The maximum atomic E-state index is 10.9. The van der Waals surface area contributed by atoms with Crippen LogP contribution in [0.15, 0.2) is 42.7 Å². The maximum absolute atomic E-state index is 10.9. The van der Waals surface area contributed by atoms with Gasteiger partial charge in [-0.15, -0.1) is 0 Å². The largest absolute Gasteiger partial charge is 0.379 e. The summed E-state index contributed by atoms with van der Waals surface area (Å²) in [5.74, 6) is -0.536. The Morgan fingerprint density at radius 3 is 2.82 bits per heavy atom. The molecule has 0 fully saturated rings. The SMILES string of the molecule is NC(=O)c1cc(NCc2ccccn2)ccn1. The molecule has 3 N–H and O–H groups in total. The molecule has 2 heterocycles. The second kappa shape index (κ2) is 5.07. The molecule has 0 aliphatic carbocycles. The third-order valence-electron chi connectivity index (χ3n) is 2.21. The Morgan fingerprint density at radius 1 is 1.24 bits per heavy atom. The number of nitrogens with zero attached hydrogens (tertiary/aromatic N) is 2. The number of primary amides is 1. The van der Waals surface area contributed by atoms with E-state index in [2.05, 4.69) is 15.3 Å². The second-order valence-corrected chi connectivity index (χ2v) is 3.47. The number of aromatic nitrogens is 2. The van der Waals surface area contributed by atoms with E-state index in [1.807, 2.05) is 18.2 Å². The average Bonchev–Trinajstić information content (AvgIpc) is 2.38. The first-order valence-electron chi connectivity index (χ1n) is 5.15. The van der Waals surface area contributed by atoms with Crippen LogP contribution < -0.4 is 11.1 Å². The minimum Gasteiger partial charge on any atom is -0.379 e. The van der Waals surface area contributed by atoms with Crippen LogP contribution in [0.5, 0.6) is 0 Å². The van der Waals surface area contributed by atoms with Crippen molar-refractivity contribution in [3.05, 3.63) is 54.1 Å². The Labute approximate surface area is 98.7 Å². The summed E-state index contributed by atoms with van der Waals surface area (Å²) in [5, 5.41) is 3.15. The summed E-state index contributed by atoms with van der Waals surface area (Å²) in [6.07, 6.45) is 3.28. The van der Waals surface area contributed by atoms with E-state index in [4.69, 9.17) is 5.73 Å². The summed E-state index contributed by atoms with van der Waals surface area (Å²) in [7, 11) is 0. The molecule has 0 aromatic carbocycles. The van der Waals surface area contributed by atoms with Crippen LogP contribution in [-0.2, 0) is 6.54 Å². The van der Waals surface area contributed by atoms with Gasteiger partial charge in [0.2, 0.25) is 0 Å². The standard InChI is InChI=1S/C12H12N4O/c13-12(17)11-7-9(4-6-15-11)16-8-10-3-1-2-5-14-10/h1-7H,8H2,(H2,13,17)(H,15,16). The highest BCUT2D eigenvalue weighted by atomic mass is 16.1. The molecule has 0 saturated carbocycles. The highest BCUT2D eigenvalue weighted by molar-refractivity contribution is 5.91. The van der Waals surface area contributed by atoms with Gasteiger partial charge in [-0.25, -0.2) is 0 Å². The van der Waals surface area contributed by atoms with Gasteiger partial charge in [0.05, 0.1) is 12.2 Å². The van der Waals surface area contributed by atoms with Gasteiger partial charge in [0.25, 0.3) is 5.91 Å². The molecule has 1 amide bonds. The molecule has 2 aromatic heterocycles. The molecule has 0 spiro atoms. The van der Waals surface area contributed by atoms with Gasteiger partial charge in [-0.2, -0.15) is 0 Å². The second-order valence-electron chi connectivity index (χ2n) is 3.47. The van der Waals surface area contributed by atoms with Gasteiger partial charge in [-0.1, -0.05) is 6.07 Å². The van der Waals surface area contributed by atoms with Crippen molar-refractivity contribution in [3.8, 4) is 0 Å². The fourth-order valence-corrected chi connectivity index (χ4v) is 1.37. The molecule has 0 atom stereocenters. The topological polar surface area (TPSA) is 80.9 Å². The van der Waals surface area contributed by atoms with E-state index in [9.17, 15) is 4.79 Å². The Balaban J connectivity index is 2.04. The summed E-state index contributed by atoms with van der Waals surface area (Å²) in [6, 6.07) is 9.09. The number of pyridine rings is 2. The summed E-state index contributed by atoms with van der Waals surface area (Å²) in [6.45, 7) is 0.586. The number of nitrogens with two attached hydrogens (primary N) is 1. The molecule has 0 radical (unpaired) electrons. The molecule has 17 heavy (non-hydrogen) atoms. The molecule has 0 saturated heterocycles. The molecule has 2 aromatic rings. The monoisotopic (exact) mass is 228 g/mol. The predicted octanol–water partition coefficient (Wildman–Crippen LogP) is 1.19. The first-order chi connectivity index (χ1) is 8.25. The van der Waals surface area contributed by atoms with Gasteiger partial charge in [0.15, 0.2) is 0 Å². The third kappa shape index (κ3) is 3.01. The van der Waals surface area contributed by atoms with Gasteiger partial charge in [-0.3, -0.25) is 14.8 Å². The number of carbonyl (C=O) groups is 1. The maximum Gasteiger partial charge on any atom is 0.267 e. The zero-order valence-electron chi connectivity index (χ0n) is 9.13. The Kier molecular flexibility index (Phi) is 3.30. The zero-order valence-corrected chi connectivity index (χ0v) is 9.13. The minimum atomic E-state index is -0.536. The van der Waals surface area contributed by atoms with E-state index >= 15 is 0 Å². The summed E-state index contributed by atoms with van der Waals surface area (Å²) < 4.78 is 0. The van der Waals surface area contributed by atoms with Gasteiger partial charge in [-0.05, 0) is 24.3 Å². The van der Waals surface area contributed by atoms with Crippen LogP contribution in [-0.4, -0.2) is 15.9 Å². The molecule has 0 bridgehead atoms. The van der Waals surface area contributed by atoms with E-state index in [0.717, 1.165) is 11.4 Å².